The lowest BCUT2D eigenvalue weighted by Crippen LogP contribution is -2.37. The lowest BCUT2D eigenvalue weighted by Gasteiger charge is -2.22. The minimum atomic E-state index is -3.62. The van der Waals surface area contributed by atoms with E-state index in [-0.39, 0.29) is 6.54 Å². The maximum absolute atomic E-state index is 12.3. The van der Waals surface area contributed by atoms with E-state index in [0.29, 0.717) is 16.9 Å². The molecular weight excluding hydrogens is 338 g/mol. The molecule has 0 radical (unpaired) electrons. The van der Waals surface area contributed by atoms with Crippen molar-refractivity contribution in [2.45, 2.75) is 13.3 Å². The summed E-state index contributed by atoms with van der Waals surface area (Å²) < 4.78 is 25.2. The molecule has 130 valence electrons. The summed E-state index contributed by atoms with van der Waals surface area (Å²) in [6.45, 7) is 1.66. The Bertz CT molecular complexity index is 900. The van der Waals surface area contributed by atoms with Crippen molar-refractivity contribution in [2.24, 2.45) is 0 Å². The second-order valence-electron chi connectivity index (χ2n) is 5.53. The van der Waals surface area contributed by atoms with Gasteiger partial charge in [-0.25, -0.2) is 8.42 Å². The number of sulfonamides is 1. The van der Waals surface area contributed by atoms with Crippen LogP contribution in [0.2, 0.25) is 0 Å². The fourth-order valence-electron chi connectivity index (χ4n) is 2.30. The minimum Gasteiger partial charge on any atom is -0.324 e. The number of hydrogen-bond donors (Lipinski definition) is 1. The second-order valence-corrected chi connectivity index (χ2v) is 7.44. The Morgan fingerprint density at radius 2 is 1.88 bits per heavy atom. The topological polar surface area (TPSA) is 90.3 Å². The van der Waals surface area contributed by atoms with Crippen molar-refractivity contribution in [2.75, 3.05) is 22.4 Å². The van der Waals surface area contributed by atoms with Gasteiger partial charge in [0.1, 0.15) is 6.54 Å². The van der Waals surface area contributed by atoms with Crippen LogP contribution in [0, 0.1) is 11.3 Å². The van der Waals surface area contributed by atoms with Crippen molar-refractivity contribution >= 4 is 27.3 Å². The minimum absolute atomic E-state index is 0.346. The van der Waals surface area contributed by atoms with Gasteiger partial charge in [-0.05, 0) is 42.3 Å². The van der Waals surface area contributed by atoms with Gasteiger partial charge in [0, 0.05) is 5.69 Å². The summed E-state index contributed by atoms with van der Waals surface area (Å²) in [4.78, 5) is 12.3. The summed E-state index contributed by atoms with van der Waals surface area (Å²) in [5.74, 6) is -0.486. The first-order valence-corrected chi connectivity index (χ1v) is 9.55. The average Bonchev–Trinajstić information content (AvgIpc) is 2.59. The molecule has 2 aromatic rings. The van der Waals surface area contributed by atoms with E-state index < -0.39 is 15.9 Å². The van der Waals surface area contributed by atoms with Crippen LogP contribution in [0.5, 0.6) is 0 Å². The SMILES string of the molecule is CCc1ccc(N(CC(=O)Nc2cccc(C#N)c2)S(C)(=O)=O)cc1. The fourth-order valence-corrected chi connectivity index (χ4v) is 3.15. The molecule has 2 rings (SSSR count). The summed E-state index contributed by atoms with van der Waals surface area (Å²) in [6, 6.07) is 15.5. The number of nitrogens with one attached hydrogen (secondary N) is 1. The van der Waals surface area contributed by atoms with E-state index >= 15 is 0 Å². The third-order valence-electron chi connectivity index (χ3n) is 3.60. The number of carbonyl (C=O) groups excluding carboxylic acids is 1. The van der Waals surface area contributed by atoms with Gasteiger partial charge < -0.3 is 5.32 Å². The molecule has 25 heavy (non-hydrogen) atoms. The summed E-state index contributed by atoms with van der Waals surface area (Å²) in [5, 5.41) is 11.5. The van der Waals surface area contributed by atoms with Crippen LogP contribution in [0.3, 0.4) is 0 Å². The van der Waals surface area contributed by atoms with Crippen LogP contribution in [0.4, 0.5) is 11.4 Å². The number of nitrogens with zero attached hydrogens (tertiary/aromatic N) is 2. The van der Waals surface area contributed by atoms with E-state index in [9.17, 15) is 13.2 Å². The van der Waals surface area contributed by atoms with Gasteiger partial charge in [0.05, 0.1) is 23.6 Å². The van der Waals surface area contributed by atoms with Crippen LogP contribution in [-0.2, 0) is 21.2 Å². The lowest BCUT2D eigenvalue weighted by molar-refractivity contribution is -0.114. The molecule has 0 aromatic heterocycles. The molecule has 0 aliphatic carbocycles. The Labute approximate surface area is 147 Å². The average molecular weight is 357 g/mol. The van der Waals surface area contributed by atoms with Crippen LogP contribution in [0.15, 0.2) is 48.5 Å². The molecule has 7 heteroatoms. The molecule has 0 spiro atoms. The zero-order valence-corrected chi connectivity index (χ0v) is 14.9. The van der Waals surface area contributed by atoms with Crippen LogP contribution in [-0.4, -0.2) is 27.1 Å². The first kappa shape index (κ1) is 18.5. The number of nitriles is 1. The van der Waals surface area contributed by atoms with Crippen molar-refractivity contribution in [1.29, 1.82) is 5.26 Å². The monoisotopic (exact) mass is 357 g/mol. The Balaban J connectivity index is 2.19. The van der Waals surface area contributed by atoms with Crippen LogP contribution < -0.4 is 9.62 Å². The van der Waals surface area contributed by atoms with Gasteiger partial charge in [-0.3, -0.25) is 9.10 Å². The highest BCUT2D eigenvalue weighted by atomic mass is 32.2. The Morgan fingerprint density at radius 3 is 2.44 bits per heavy atom. The van der Waals surface area contributed by atoms with Gasteiger partial charge in [-0.15, -0.1) is 0 Å². The molecule has 0 aliphatic rings. The molecule has 0 bridgehead atoms. The van der Waals surface area contributed by atoms with Crippen LogP contribution in [0.1, 0.15) is 18.1 Å². The highest BCUT2D eigenvalue weighted by molar-refractivity contribution is 7.92. The van der Waals surface area contributed by atoms with Gasteiger partial charge in [0.25, 0.3) is 0 Å². The highest BCUT2D eigenvalue weighted by Crippen LogP contribution is 2.19. The number of carbonyl (C=O) groups is 1. The van der Waals surface area contributed by atoms with Crippen molar-refractivity contribution in [1.82, 2.24) is 0 Å². The highest BCUT2D eigenvalue weighted by Gasteiger charge is 2.20. The van der Waals surface area contributed by atoms with Gasteiger partial charge in [0.15, 0.2) is 0 Å². The second kappa shape index (κ2) is 7.81. The molecule has 6 nitrogen and oxygen atoms in total. The third-order valence-corrected chi connectivity index (χ3v) is 4.74. The van der Waals surface area contributed by atoms with Crippen LogP contribution >= 0.6 is 0 Å². The molecule has 0 saturated carbocycles. The smallest absolute Gasteiger partial charge is 0.245 e. The first-order valence-electron chi connectivity index (χ1n) is 7.70. The number of hydrogen-bond acceptors (Lipinski definition) is 4. The van der Waals surface area contributed by atoms with Gasteiger partial charge in [0.2, 0.25) is 15.9 Å². The van der Waals surface area contributed by atoms with E-state index in [2.05, 4.69) is 5.32 Å². The predicted octanol–water partition coefficient (Wildman–Crippen LogP) is 2.53. The van der Waals surface area contributed by atoms with E-state index in [1.54, 1.807) is 30.3 Å². The molecule has 0 aliphatic heterocycles. The van der Waals surface area contributed by atoms with E-state index in [1.165, 1.54) is 6.07 Å². The first-order chi connectivity index (χ1) is 11.8. The molecule has 0 saturated heterocycles. The summed E-state index contributed by atoms with van der Waals surface area (Å²) in [7, 11) is -3.62. The standard InChI is InChI=1S/C18H19N3O3S/c1-3-14-7-9-17(10-8-14)21(25(2,23)24)13-18(22)20-16-6-4-5-15(11-16)12-19/h4-11H,3,13H2,1-2H3,(H,20,22). The maximum Gasteiger partial charge on any atom is 0.245 e. The zero-order valence-electron chi connectivity index (χ0n) is 14.1. The molecule has 0 heterocycles. The Kier molecular flexibility index (Phi) is 5.78. The summed E-state index contributed by atoms with van der Waals surface area (Å²) in [5.41, 5.74) is 2.36. The number of anilines is 2. The van der Waals surface area contributed by atoms with Crippen LogP contribution in [0.25, 0.3) is 0 Å². The lowest BCUT2D eigenvalue weighted by atomic mass is 10.1. The number of aryl methyl sites for hydroxylation is 1. The number of benzene rings is 2. The normalized spacial score (nSPS) is 10.8. The third kappa shape index (κ3) is 5.06. The Morgan fingerprint density at radius 1 is 1.20 bits per heavy atom. The van der Waals surface area contributed by atoms with Crippen molar-refractivity contribution < 1.29 is 13.2 Å². The van der Waals surface area contributed by atoms with E-state index in [1.807, 2.05) is 25.1 Å². The van der Waals surface area contributed by atoms with E-state index in [4.69, 9.17) is 5.26 Å². The molecule has 0 fully saturated rings. The zero-order chi connectivity index (χ0) is 18.4. The van der Waals surface area contributed by atoms with E-state index in [0.717, 1.165) is 22.5 Å². The quantitative estimate of drug-likeness (QED) is 0.860. The van der Waals surface area contributed by atoms with Gasteiger partial charge >= 0.3 is 0 Å². The molecular formula is C18H19N3O3S. The predicted molar refractivity (Wildman–Crippen MR) is 97.8 cm³/mol. The van der Waals surface area contributed by atoms with Crippen molar-refractivity contribution in [3.63, 3.8) is 0 Å². The maximum atomic E-state index is 12.3. The molecule has 0 unspecified atom stereocenters. The molecule has 1 amide bonds. The van der Waals surface area contributed by atoms with Crippen molar-refractivity contribution in [3.8, 4) is 6.07 Å². The van der Waals surface area contributed by atoms with Gasteiger partial charge in [-0.1, -0.05) is 25.1 Å². The largest absolute Gasteiger partial charge is 0.324 e. The Hall–Kier alpha value is -2.85. The summed E-state index contributed by atoms with van der Waals surface area (Å²) in [6.07, 6.45) is 1.90. The summed E-state index contributed by atoms with van der Waals surface area (Å²) >= 11 is 0. The molecule has 1 N–H and O–H groups in total. The fraction of sp³-hybridized carbons (Fsp3) is 0.222. The molecule has 2 aromatic carbocycles. The van der Waals surface area contributed by atoms with Gasteiger partial charge in [-0.2, -0.15) is 5.26 Å². The number of amides is 1. The molecule has 0 atom stereocenters. The number of rotatable bonds is 6. The van der Waals surface area contributed by atoms with Crippen molar-refractivity contribution in [3.05, 3.63) is 59.7 Å².